The maximum absolute atomic E-state index is 8.26. The van der Waals surface area contributed by atoms with Gasteiger partial charge in [0.05, 0.1) is 11.8 Å². The summed E-state index contributed by atoms with van der Waals surface area (Å²) in [6.07, 6.45) is 1.25. The minimum absolute atomic E-state index is 0.362. The molecule has 0 aliphatic heterocycles. The Labute approximate surface area is 64.7 Å². The number of rotatable bonds is 1. The fourth-order valence-corrected chi connectivity index (χ4v) is 0.730. The van der Waals surface area contributed by atoms with Gasteiger partial charge in [-0.2, -0.15) is 5.26 Å². The molecule has 0 amide bonds. The summed E-state index contributed by atoms with van der Waals surface area (Å²) in [5.74, 6) is 1.33. The van der Waals surface area contributed by atoms with Crippen LogP contribution in [0.5, 0.6) is 0 Å². The van der Waals surface area contributed by atoms with Crippen molar-refractivity contribution in [3.63, 3.8) is 0 Å². The molecule has 0 aliphatic carbocycles. The first kappa shape index (κ1) is 7.42. The second kappa shape index (κ2) is 2.93. The highest BCUT2D eigenvalue weighted by molar-refractivity contribution is 5.60. The van der Waals surface area contributed by atoms with Crippen molar-refractivity contribution in [2.75, 3.05) is 0 Å². The Morgan fingerprint density at radius 2 is 2.45 bits per heavy atom. The maximum Gasteiger partial charge on any atom is 0.150 e. The molecule has 0 saturated carbocycles. The molecule has 0 atom stereocenters. The highest BCUT2D eigenvalue weighted by Gasteiger charge is 1.99. The molecule has 1 aromatic heterocycles. The van der Waals surface area contributed by atoms with Crippen molar-refractivity contribution in [2.45, 2.75) is 6.92 Å². The Hall–Kier alpha value is -1.69. The van der Waals surface area contributed by atoms with Crippen LogP contribution in [0.3, 0.4) is 0 Å². The van der Waals surface area contributed by atoms with Gasteiger partial charge in [0.25, 0.3) is 0 Å². The molecule has 0 radical (unpaired) electrons. The molecule has 3 heteroatoms. The summed E-state index contributed by atoms with van der Waals surface area (Å²) in [5, 5.41) is 8.26. The van der Waals surface area contributed by atoms with E-state index in [9.17, 15) is 0 Å². The minimum Gasteiger partial charge on any atom is -0.460 e. The normalized spacial score (nSPS) is 11.1. The quantitative estimate of drug-likeness (QED) is 0.612. The van der Waals surface area contributed by atoms with Crippen LogP contribution >= 0.6 is 0 Å². The van der Waals surface area contributed by atoms with Crippen LogP contribution in [0.15, 0.2) is 22.6 Å². The monoisotopic (exact) mass is 148 g/mol. The first-order chi connectivity index (χ1) is 5.24. The number of hydrogen-bond acceptors (Lipinski definition) is 3. The lowest BCUT2D eigenvalue weighted by atomic mass is 10.3. The lowest BCUT2D eigenvalue weighted by Crippen LogP contribution is -1.92. The van der Waals surface area contributed by atoms with E-state index >= 15 is 0 Å². The van der Waals surface area contributed by atoms with Crippen LogP contribution < -0.4 is 5.73 Å². The highest BCUT2D eigenvalue weighted by atomic mass is 16.3. The van der Waals surface area contributed by atoms with Crippen LogP contribution in [0.25, 0.3) is 5.70 Å². The molecule has 1 aromatic rings. The summed E-state index contributed by atoms with van der Waals surface area (Å²) in [4.78, 5) is 0. The van der Waals surface area contributed by atoms with E-state index in [1.807, 2.05) is 13.0 Å². The van der Waals surface area contributed by atoms with Gasteiger partial charge in [0.1, 0.15) is 5.76 Å². The third-order valence-electron chi connectivity index (χ3n) is 1.24. The van der Waals surface area contributed by atoms with Crippen LogP contribution in [0.1, 0.15) is 11.5 Å². The molecule has 0 saturated heterocycles. The van der Waals surface area contributed by atoms with Gasteiger partial charge in [-0.3, -0.25) is 0 Å². The van der Waals surface area contributed by atoms with Crippen LogP contribution in [0.4, 0.5) is 0 Å². The number of nitrogens with two attached hydrogens (primary N) is 1. The molecule has 0 fully saturated rings. The molecular weight excluding hydrogens is 140 g/mol. The van der Waals surface area contributed by atoms with Gasteiger partial charge in [-0.05, 0) is 19.1 Å². The van der Waals surface area contributed by atoms with Gasteiger partial charge < -0.3 is 10.2 Å². The molecule has 0 bridgehead atoms. The molecule has 0 aliphatic rings. The molecule has 1 rings (SSSR count). The fraction of sp³-hybridized carbons (Fsp3) is 0.125. The number of furan rings is 1. The van der Waals surface area contributed by atoms with E-state index in [1.54, 1.807) is 12.1 Å². The number of allylic oxidation sites excluding steroid dienone is 1. The number of aryl methyl sites for hydroxylation is 1. The Kier molecular flexibility index (Phi) is 1.98. The molecular formula is C8H8N2O. The zero-order valence-electron chi connectivity index (χ0n) is 6.16. The van der Waals surface area contributed by atoms with E-state index in [-0.39, 0.29) is 0 Å². The third kappa shape index (κ3) is 1.62. The van der Waals surface area contributed by atoms with E-state index in [0.717, 1.165) is 5.76 Å². The molecule has 2 N–H and O–H groups in total. The summed E-state index contributed by atoms with van der Waals surface area (Å²) in [7, 11) is 0. The summed E-state index contributed by atoms with van der Waals surface area (Å²) in [6, 6.07) is 5.36. The molecule has 3 nitrogen and oxygen atoms in total. The van der Waals surface area contributed by atoms with Gasteiger partial charge in [-0.1, -0.05) is 0 Å². The minimum atomic E-state index is 0.362. The fourth-order valence-electron chi connectivity index (χ4n) is 0.730. The van der Waals surface area contributed by atoms with Crippen molar-refractivity contribution in [2.24, 2.45) is 5.73 Å². The number of hydrogen-bond donors (Lipinski definition) is 1. The Bertz CT molecular complexity index is 317. The summed E-state index contributed by atoms with van der Waals surface area (Å²) in [5.41, 5.74) is 5.83. The van der Waals surface area contributed by atoms with Gasteiger partial charge in [-0.15, -0.1) is 0 Å². The maximum atomic E-state index is 8.26. The average molecular weight is 148 g/mol. The second-order valence-electron chi connectivity index (χ2n) is 2.14. The average Bonchev–Trinajstić information content (AvgIpc) is 2.36. The third-order valence-corrected chi connectivity index (χ3v) is 1.24. The molecule has 56 valence electrons. The zero-order chi connectivity index (χ0) is 8.27. The van der Waals surface area contributed by atoms with Crippen molar-refractivity contribution in [3.05, 3.63) is 29.7 Å². The Balaban J connectivity index is 2.95. The molecule has 0 unspecified atom stereocenters. The lowest BCUT2D eigenvalue weighted by Gasteiger charge is -1.90. The standard InChI is InChI=1S/C8H8N2O/c1-6-2-3-8(11-6)7(10)4-5-9/h2-4H,10H2,1H3/b7-4-. The second-order valence-corrected chi connectivity index (χ2v) is 2.14. The van der Waals surface area contributed by atoms with Crippen molar-refractivity contribution in [1.82, 2.24) is 0 Å². The van der Waals surface area contributed by atoms with Crippen LogP contribution in [0, 0.1) is 18.3 Å². The van der Waals surface area contributed by atoms with E-state index in [2.05, 4.69) is 0 Å². The predicted octanol–water partition coefficient (Wildman–Crippen LogP) is 1.41. The van der Waals surface area contributed by atoms with Gasteiger partial charge in [0.15, 0.2) is 5.76 Å². The summed E-state index contributed by atoms with van der Waals surface area (Å²) in [6.45, 7) is 1.82. The van der Waals surface area contributed by atoms with Gasteiger partial charge in [-0.25, -0.2) is 0 Å². The predicted molar refractivity (Wildman–Crippen MR) is 41.2 cm³/mol. The number of nitriles is 1. The van der Waals surface area contributed by atoms with E-state index in [0.29, 0.717) is 11.5 Å². The molecule has 0 aromatic carbocycles. The van der Waals surface area contributed by atoms with E-state index in [4.69, 9.17) is 15.4 Å². The first-order valence-corrected chi connectivity index (χ1v) is 3.16. The Morgan fingerprint density at radius 1 is 1.73 bits per heavy atom. The smallest absolute Gasteiger partial charge is 0.150 e. The summed E-state index contributed by atoms with van der Waals surface area (Å²) >= 11 is 0. The first-order valence-electron chi connectivity index (χ1n) is 3.16. The van der Waals surface area contributed by atoms with E-state index in [1.165, 1.54) is 6.08 Å². The van der Waals surface area contributed by atoms with Gasteiger partial charge in [0.2, 0.25) is 0 Å². The van der Waals surface area contributed by atoms with Crippen LogP contribution in [0.2, 0.25) is 0 Å². The van der Waals surface area contributed by atoms with Gasteiger partial charge in [0, 0.05) is 6.08 Å². The van der Waals surface area contributed by atoms with Crippen molar-refractivity contribution in [1.29, 1.82) is 5.26 Å². The Morgan fingerprint density at radius 3 is 2.91 bits per heavy atom. The number of nitrogens with zero attached hydrogens (tertiary/aromatic N) is 1. The van der Waals surface area contributed by atoms with Crippen molar-refractivity contribution >= 4 is 5.70 Å². The van der Waals surface area contributed by atoms with Crippen LogP contribution in [-0.2, 0) is 0 Å². The summed E-state index contributed by atoms with van der Waals surface area (Å²) < 4.78 is 5.15. The topological polar surface area (TPSA) is 63.0 Å². The largest absolute Gasteiger partial charge is 0.460 e. The zero-order valence-corrected chi connectivity index (χ0v) is 6.16. The van der Waals surface area contributed by atoms with Crippen LogP contribution in [-0.4, -0.2) is 0 Å². The molecule has 1 heterocycles. The molecule has 11 heavy (non-hydrogen) atoms. The van der Waals surface area contributed by atoms with Crippen molar-refractivity contribution < 1.29 is 4.42 Å². The lowest BCUT2D eigenvalue weighted by molar-refractivity contribution is 0.520. The van der Waals surface area contributed by atoms with Crippen molar-refractivity contribution in [3.8, 4) is 6.07 Å². The highest BCUT2D eigenvalue weighted by Crippen LogP contribution is 2.11. The molecule has 0 spiro atoms. The SMILES string of the molecule is Cc1ccc(/C(N)=C/C#N)o1. The van der Waals surface area contributed by atoms with Gasteiger partial charge >= 0.3 is 0 Å². The van der Waals surface area contributed by atoms with E-state index < -0.39 is 0 Å².